The van der Waals surface area contributed by atoms with Crippen molar-refractivity contribution in [3.8, 4) is 22.6 Å². The first-order chi connectivity index (χ1) is 8.11. The Morgan fingerprint density at radius 1 is 0.941 bits per heavy atom. The molecule has 4 heteroatoms. The number of nitrogens with one attached hydrogen (secondary N) is 1. The quantitative estimate of drug-likeness (QED) is 0.472. The van der Waals surface area contributed by atoms with Gasteiger partial charge in [-0.1, -0.05) is 12.1 Å². The predicted molar refractivity (Wildman–Crippen MR) is 69.2 cm³/mol. The van der Waals surface area contributed by atoms with Gasteiger partial charge in [-0.05, 0) is 35.4 Å². The zero-order valence-corrected chi connectivity index (χ0v) is 9.44. The van der Waals surface area contributed by atoms with E-state index in [1.54, 1.807) is 37.4 Å². The van der Waals surface area contributed by atoms with Gasteiger partial charge in [-0.2, -0.15) is 0 Å². The summed E-state index contributed by atoms with van der Waals surface area (Å²) < 4.78 is 0. The maximum Gasteiger partial charge on any atom is 0.139 e. The van der Waals surface area contributed by atoms with E-state index in [4.69, 9.17) is 5.73 Å². The second-order valence-electron chi connectivity index (χ2n) is 3.76. The topological polar surface area (TPSA) is 78.5 Å². The molecule has 0 aliphatic rings. The Morgan fingerprint density at radius 3 is 2.06 bits per heavy atom. The van der Waals surface area contributed by atoms with E-state index in [9.17, 15) is 10.2 Å². The van der Waals surface area contributed by atoms with E-state index in [0.29, 0.717) is 11.4 Å². The fraction of sp³-hybridized carbons (Fsp3) is 0.0769. The lowest BCUT2D eigenvalue weighted by molar-refractivity contribution is 0.476. The van der Waals surface area contributed by atoms with Crippen LogP contribution in [0.1, 0.15) is 0 Å². The molecule has 0 atom stereocenters. The average molecular weight is 230 g/mol. The molecule has 2 aromatic carbocycles. The van der Waals surface area contributed by atoms with Crippen molar-refractivity contribution in [2.45, 2.75) is 0 Å². The number of anilines is 2. The Kier molecular flexibility index (Phi) is 2.78. The van der Waals surface area contributed by atoms with E-state index in [-0.39, 0.29) is 11.5 Å². The van der Waals surface area contributed by atoms with Gasteiger partial charge in [-0.3, -0.25) is 0 Å². The molecular formula is C13H14N2O2. The second-order valence-corrected chi connectivity index (χ2v) is 3.76. The molecule has 5 N–H and O–H groups in total. The summed E-state index contributed by atoms with van der Waals surface area (Å²) in [6.45, 7) is 0. The molecule has 88 valence electrons. The first-order valence-corrected chi connectivity index (χ1v) is 5.21. The highest BCUT2D eigenvalue weighted by molar-refractivity contribution is 5.73. The Hall–Kier alpha value is -2.36. The number of hydrogen-bond donors (Lipinski definition) is 4. The normalized spacial score (nSPS) is 10.2. The molecule has 0 amide bonds. The third kappa shape index (κ3) is 2.10. The van der Waals surface area contributed by atoms with Gasteiger partial charge in [0.15, 0.2) is 0 Å². The van der Waals surface area contributed by atoms with E-state index in [1.807, 2.05) is 6.07 Å². The van der Waals surface area contributed by atoms with Crippen LogP contribution in [0.3, 0.4) is 0 Å². The summed E-state index contributed by atoms with van der Waals surface area (Å²) in [5.41, 5.74) is 8.15. The van der Waals surface area contributed by atoms with Gasteiger partial charge in [0, 0.05) is 7.05 Å². The molecule has 0 fully saturated rings. The van der Waals surface area contributed by atoms with Crippen LogP contribution in [0.2, 0.25) is 0 Å². The lowest BCUT2D eigenvalue weighted by atomic mass is 10.0. The van der Waals surface area contributed by atoms with Crippen molar-refractivity contribution in [2.75, 3.05) is 18.1 Å². The van der Waals surface area contributed by atoms with Gasteiger partial charge in [-0.25, -0.2) is 0 Å². The summed E-state index contributed by atoms with van der Waals surface area (Å²) in [6, 6.07) is 10.3. The first kappa shape index (κ1) is 11.1. The molecule has 0 radical (unpaired) electrons. The van der Waals surface area contributed by atoms with Crippen LogP contribution < -0.4 is 11.1 Å². The van der Waals surface area contributed by atoms with Crippen molar-refractivity contribution in [3.05, 3.63) is 36.4 Å². The molecule has 0 heterocycles. The molecule has 0 unspecified atom stereocenters. The van der Waals surface area contributed by atoms with Crippen molar-refractivity contribution in [1.82, 2.24) is 0 Å². The van der Waals surface area contributed by atoms with E-state index in [2.05, 4.69) is 5.32 Å². The van der Waals surface area contributed by atoms with Crippen LogP contribution in [-0.2, 0) is 0 Å². The molecule has 0 aliphatic carbocycles. The molecule has 0 saturated heterocycles. The van der Waals surface area contributed by atoms with Gasteiger partial charge in [0.25, 0.3) is 0 Å². The third-order valence-corrected chi connectivity index (χ3v) is 2.63. The van der Waals surface area contributed by atoms with Crippen LogP contribution in [0.25, 0.3) is 11.1 Å². The Bertz CT molecular complexity index is 553. The molecule has 0 aliphatic heterocycles. The van der Waals surface area contributed by atoms with Crippen LogP contribution in [0, 0.1) is 0 Å². The molecule has 17 heavy (non-hydrogen) atoms. The van der Waals surface area contributed by atoms with Gasteiger partial charge in [0.2, 0.25) is 0 Å². The number of aromatic hydroxyl groups is 2. The smallest absolute Gasteiger partial charge is 0.139 e. The van der Waals surface area contributed by atoms with Crippen LogP contribution >= 0.6 is 0 Å². The summed E-state index contributed by atoms with van der Waals surface area (Å²) in [7, 11) is 1.74. The summed E-state index contributed by atoms with van der Waals surface area (Å²) in [5.74, 6) is 0.209. The van der Waals surface area contributed by atoms with E-state index in [0.717, 1.165) is 11.1 Å². The van der Waals surface area contributed by atoms with Crippen molar-refractivity contribution in [2.24, 2.45) is 0 Å². The highest BCUT2D eigenvalue weighted by Gasteiger charge is 2.05. The highest BCUT2D eigenvalue weighted by Crippen LogP contribution is 2.32. The number of nitrogen functional groups attached to an aromatic ring is 1. The van der Waals surface area contributed by atoms with Gasteiger partial charge in [-0.15, -0.1) is 0 Å². The fourth-order valence-electron chi connectivity index (χ4n) is 1.65. The zero-order valence-electron chi connectivity index (χ0n) is 9.44. The molecule has 0 spiro atoms. The molecule has 0 saturated carbocycles. The van der Waals surface area contributed by atoms with Crippen LogP contribution in [0.15, 0.2) is 36.4 Å². The predicted octanol–water partition coefficient (Wildman–Crippen LogP) is 2.39. The minimum Gasteiger partial charge on any atom is -0.506 e. The lowest BCUT2D eigenvalue weighted by Gasteiger charge is -2.08. The standard InChI is InChI=1S/C13H14N2O2/c1-15-11-5-3-9(7-13(11)17)8-2-4-10(14)12(16)6-8/h2-7,15-17H,14H2,1H3. The van der Waals surface area contributed by atoms with Gasteiger partial charge >= 0.3 is 0 Å². The maximum absolute atomic E-state index is 9.73. The summed E-state index contributed by atoms with van der Waals surface area (Å²) in [4.78, 5) is 0. The SMILES string of the molecule is CNc1ccc(-c2ccc(N)c(O)c2)cc1O. The minimum absolute atomic E-state index is 0.0414. The van der Waals surface area contributed by atoms with E-state index >= 15 is 0 Å². The molecule has 2 aromatic rings. The molecule has 0 aromatic heterocycles. The number of nitrogens with two attached hydrogens (primary N) is 1. The van der Waals surface area contributed by atoms with Gasteiger partial charge < -0.3 is 21.3 Å². The van der Waals surface area contributed by atoms with Crippen molar-refractivity contribution in [1.29, 1.82) is 0 Å². The Balaban J connectivity index is 2.46. The van der Waals surface area contributed by atoms with E-state index < -0.39 is 0 Å². The number of benzene rings is 2. The van der Waals surface area contributed by atoms with Crippen molar-refractivity contribution >= 4 is 11.4 Å². The largest absolute Gasteiger partial charge is 0.506 e. The molecular weight excluding hydrogens is 216 g/mol. The lowest BCUT2D eigenvalue weighted by Crippen LogP contribution is -1.89. The fourth-order valence-corrected chi connectivity index (χ4v) is 1.65. The molecule has 0 bridgehead atoms. The first-order valence-electron chi connectivity index (χ1n) is 5.21. The van der Waals surface area contributed by atoms with Crippen LogP contribution in [0.4, 0.5) is 11.4 Å². The molecule has 4 nitrogen and oxygen atoms in total. The second kappa shape index (κ2) is 4.25. The zero-order chi connectivity index (χ0) is 12.4. The van der Waals surface area contributed by atoms with Crippen molar-refractivity contribution < 1.29 is 10.2 Å². The summed E-state index contributed by atoms with van der Waals surface area (Å²) in [5, 5.41) is 22.1. The number of rotatable bonds is 2. The highest BCUT2D eigenvalue weighted by atomic mass is 16.3. The monoisotopic (exact) mass is 230 g/mol. The maximum atomic E-state index is 9.73. The number of phenolic OH excluding ortho intramolecular Hbond substituents is 2. The van der Waals surface area contributed by atoms with Gasteiger partial charge in [0.05, 0.1) is 11.4 Å². The van der Waals surface area contributed by atoms with Crippen LogP contribution in [0.5, 0.6) is 11.5 Å². The van der Waals surface area contributed by atoms with Crippen molar-refractivity contribution in [3.63, 3.8) is 0 Å². The number of phenols is 2. The van der Waals surface area contributed by atoms with E-state index in [1.165, 1.54) is 0 Å². The Morgan fingerprint density at radius 2 is 1.53 bits per heavy atom. The van der Waals surface area contributed by atoms with Gasteiger partial charge in [0.1, 0.15) is 11.5 Å². The number of hydrogen-bond acceptors (Lipinski definition) is 4. The molecule has 2 rings (SSSR count). The summed E-state index contributed by atoms with van der Waals surface area (Å²) >= 11 is 0. The Labute approximate surface area is 99.3 Å². The summed E-state index contributed by atoms with van der Waals surface area (Å²) in [6.07, 6.45) is 0. The third-order valence-electron chi connectivity index (χ3n) is 2.63. The average Bonchev–Trinajstić information content (AvgIpc) is 2.32. The minimum atomic E-state index is 0.0414. The van der Waals surface area contributed by atoms with Crippen LogP contribution in [-0.4, -0.2) is 17.3 Å².